The molecule has 0 aromatic heterocycles. The predicted molar refractivity (Wildman–Crippen MR) is 72.7 cm³/mol. The lowest BCUT2D eigenvalue weighted by molar-refractivity contribution is 0.136. The van der Waals surface area contributed by atoms with E-state index in [1.807, 2.05) is 0 Å². The molecular weight excluding hydrogens is 291 g/mol. The van der Waals surface area contributed by atoms with Gasteiger partial charge in [-0.1, -0.05) is 29.3 Å². The number of β-amino-alcohol motifs (C(OH)–C–C–N with tert-alkyl or cyclic N) is 1. The second-order valence-corrected chi connectivity index (χ2v) is 5.32. The van der Waals surface area contributed by atoms with Crippen molar-refractivity contribution in [3.63, 3.8) is 0 Å². The topological polar surface area (TPSA) is 72.8 Å². The normalized spacial score (nSPS) is 22.8. The van der Waals surface area contributed by atoms with Gasteiger partial charge in [-0.2, -0.15) is 0 Å². The number of benzene rings is 1. The molecule has 0 saturated carbocycles. The van der Waals surface area contributed by atoms with Crippen LogP contribution in [-0.4, -0.2) is 46.4 Å². The van der Waals surface area contributed by atoms with Crippen molar-refractivity contribution in [3.05, 3.63) is 33.8 Å². The van der Waals surface area contributed by atoms with Crippen LogP contribution in [0.2, 0.25) is 10.0 Å². The fourth-order valence-electron chi connectivity index (χ4n) is 2.05. The Labute approximate surface area is 120 Å². The Kier molecular flexibility index (Phi) is 4.52. The van der Waals surface area contributed by atoms with E-state index < -0.39 is 12.2 Å². The van der Waals surface area contributed by atoms with Gasteiger partial charge in [-0.3, -0.25) is 0 Å². The smallest absolute Gasteiger partial charge is 0.407 e. The van der Waals surface area contributed by atoms with E-state index in [0.717, 1.165) is 5.56 Å². The number of hydrogen-bond donors (Lipinski definition) is 3. The van der Waals surface area contributed by atoms with E-state index in [0.29, 0.717) is 16.6 Å². The minimum Gasteiger partial charge on any atom is -0.465 e. The zero-order valence-electron chi connectivity index (χ0n) is 10.0. The Balaban J connectivity index is 1.94. The van der Waals surface area contributed by atoms with Crippen LogP contribution in [0.4, 0.5) is 4.79 Å². The second kappa shape index (κ2) is 5.96. The fourth-order valence-corrected chi connectivity index (χ4v) is 2.52. The van der Waals surface area contributed by atoms with Crippen molar-refractivity contribution in [2.24, 2.45) is 0 Å². The summed E-state index contributed by atoms with van der Waals surface area (Å²) >= 11 is 11.8. The Hall–Kier alpha value is -1.01. The van der Waals surface area contributed by atoms with E-state index in [1.165, 1.54) is 4.90 Å². The summed E-state index contributed by atoms with van der Waals surface area (Å²) in [5.41, 5.74) is 0.854. The van der Waals surface area contributed by atoms with Gasteiger partial charge in [0.1, 0.15) is 0 Å². The lowest BCUT2D eigenvalue weighted by Crippen LogP contribution is -2.38. The predicted octanol–water partition coefficient (Wildman–Crippen LogP) is 1.81. The Morgan fingerprint density at radius 2 is 2.16 bits per heavy atom. The number of amides is 1. The molecule has 1 aliphatic heterocycles. The zero-order chi connectivity index (χ0) is 14.0. The third kappa shape index (κ3) is 3.51. The quantitative estimate of drug-likeness (QED) is 0.796. The van der Waals surface area contributed by atoms with Crippen LogP contribution in [0.3, 0.4) is 0 Å². The van der Waals surface area contributed by atoms with Crippen LogP contribution in [-0.2, 0) is 6.54 Å². The Morgan fingerprint density at radius 1 is 1.42 bits per heavy atom. The number of hydrogen-bond acceptors (Lipinski definition) is 3. The summed E-state index contributed by atoms with van der Waals surface area (Å²) in [6.07, 6.45) is -1.73. The number of halogens is 2. The molecule has 5 nitrogen and oxygen atoms in total. The fraction of sp³-hybridized carbons (Fsp3) is 0.417. The number of aliphatic hydroxyl groups excluding tert-OH is 1. The highest BCUT2D eigenvalue weighted by Crippen LogP contribution is 2.21. The molecule has 0 bridgehead atoms. The van der Waals surface area contributed by atoms with Gasteiger partial charge in [0, 0.05) is 23.1 Å². The summed E-state index contributed by atoms with van der Waals surface area (Å²) in [4.78, 5) is 12.0. The number of carbonyl (C=O) groups is 1. The van der Waals surface area contributed by atoms with Crippen LogP contribution in [0.1, 0.15) is 5.56 Å². The highest BCUT2D eigenvalue weighted by atomic mass is 35.5. The molecule has 0 aliphatic carbocycles. The molecule has 19 heavy (non-hydrogen) atoms. The lowest BCUT2D eigenvalue weighted by Gasteiger charge is -2.16. The van der Waals surface area contributed by atoms with Crippen molar-refractivity contribution in [3.8, 4) is 0 Å². The molecule has 104 valence electrons. The average molecular weight is 305 g/mol. The maximum absolute atomic E-state index is 10.8. The van der Waals surface area contributed by atoms with E-state index in [2.05, 4.69) is 5.32 Å². The van der Waals surface area contributed by atoms with E-state index in [1.54, 1.807) is 18.2 Å². The number of nitrogens with zero attached hydrogens (tertiary/aromatic N) is 1. The summed E-state index contributed by atoms with van der Waals surface area (Å²) in [5, 5.41) is 22.9. The van der Waals surface area contributed by atoms with Crippen LogP contribution >= 0.6 is 23.2 Å². The van der Waals surface area contributed by atoms with E-state index in [-0.39, 0.29) is 19.1 Å². The molecule has 0 radical (unpaired) electrons. The summed E-state index contributed by atoms with van der Waals surface area (Å²) in [6, 6.07) is 4.89. The van der Waals surface area contributed by atoms with Crippen molar-refractivity contribution in [2.45, 2.75) is 18.7 Å². The average Bonchev–Trinajstić information content (AvgIpc) is 2.70. The van der Waals surface area contributed by atoms with Crippen molar-refractivity contribution in [1.82, 2.24) is 10.2 Å². The molecule has 3 N–H and O–H groups in total. The molecule has 1 aliphatic rings. The van der Waals surface area contributed by atoms with Gasteiger partial charge in [0.25, 0.3) is 0 Å². The van der Waals surface area contributed by atoms with Crippen LogP contribution in [0, 0.1) is 0 Å². The third-order valence-corrected chi connectivity index (χ3v) is 3.72. The molecule has 7 heteroatoms. The van der Waals surface area contributed by atoms with Gasteiger partial charge in [-0.05, 0) is 17.7 Å². The van der Waals surface area contributed by atoms with Gasteiger partial charge < -0.3 is 20.4 Å². The van der Waals surface area contributed by atoms with Crippen LogP contribution in [0.25, 0.3) is 0 Å². The highest BCUT2D eigenvalue weighted by molar-refractivity contribution is 6.35. The van der Waals surface area contributed by atoms with Gasteiger partial charge >= 0.3 is 6.09 Å². The first-order valence-electron chi connectivity index (χ1n) is 5.80. The lowest BCUT2D eigenvalue weighted by atomic mass is 10.2. The minimum atomic E-state index is -1.02. The van der Waals surface area contributed by atoms with E-state index in [4.69, 9.17) is 28.3 Å². The van der Waals surface area contributed by atoms with Crippen molar-refractivity contribution < 1.29 is 15.0 Å². The number of nitrogens with one attached hydrogen (secondary N) is 1. The first-order valence-corrected chi connectivity index (χ1v) is 6.56. The molecule has 1 aromatic carbocycles. The van der Waals surface area contributed by atoms with Gasteiger partial charge in [0.2, 0.25) is 0 Å². The zero-order valence-corrected chi connectivity index (χ0v) is 11.5. The monoisotopic (exact) mass is 304 g/mol. The SMILES string of the molecule is O=C(O)N1C[C@@H](O)[C@H](NCc2ccc(Cl)cc2Cl)C1. The number of rotatable bonds is 3. The molecule has 0 spiro atoms. The molecule has 1 saturated heterocycles. The number of aliphatic hydroxyl groups is 1. The summed E-state index contributed by atoms with van der Waals surface area (Å²) in [5.74, 6) is 0. The number of carboxylic acid groups (broad SMARTS) is 1. The Morgan fingerprint density at radius 3 is 2.74 bits per heavy atom. The van der Waals surface area contributed by atoms with Gasteiger partial charge in [0.05, 0.1) is 18.7 Å². The standard InChI is InChI=1S/C12H14Cl2N2O3/c13-8-2-1-7(9(14)3-8)4-15-10-5-16(12(18)19)6-11(10)17/h1-3,10-11,15,17H,4-6H2,(H,18,19)/t10-,11-/m1/s1. The summed E-state index contributed by atoms with van der Waals surface area (Å²) in [6.45, 7) is 0.842. The minimum absolute atomic E-state index is 0.126. The molecule has 1 amide bonds. The first-order chi connectivity index (χ1) is 8.97. The van der Waals surface area contributed by atoms with Crippen molar-refractivity contribution in [1.29, 1.82) is 0 Å². The first kappa shape index (κ1) is 14.4. The molecule has 0 unspecified atom stereocenters. The second-order valence-electron chi connectivity index (χ2n) is 4.48. The molecule has 1 fully saturated rings. The molecule has 2 rings (SSSR count). The number of likely N-dealkylation sites (tertiary alicyclic amines) is 1. The summed E-state index contributed by atoms with van der Waals surface area (Å²) in [7, 11) is 0. The highest BCUT2D eigenvalue weighted by Gasteiger charge is 2.33. The third-order valence-electron chi connectivity index (χ3n) is 3.13. The van der Waals surface area contributed by atoms with Gasteiger partial charge in [-0.25, -0.2) is 4.79 Å². The maximum atomic E-state index is 10.8. The van der Waals surface area contributed by atoms with Crippen LogP contribution < -0.4 is 5.32 Å². The molecule has 2 atom stereocenters. The van der Waals surface area contributed by atoms with Crippen molar-refractivity contribution in [2.75, 3.05) is 13.1 Å². The van der Waals surface area contributed by atoms with Gasteiger partial charge in [0.15, 0.2) is 0 Å². The van der Waals surface area contributed by atoms with Crippen LogP contribution in [0.15, 0.2) is 18.2 Å². The van der Waals surface area contributed by atoms with E-state index >= 15 is 0 Å². The van der Waals surface area contributed by atoms with Crippen LogP contribution in [0.5, 0.6) is 0 Å². The van der Waals surface area contributed by atoms with Crippen molar-refractivity contribution >= 4 is 29.3 Å². The molecule has 1 heterocycles. The van der Waals surface area contributed by atoms with E-state index in [9.17, 15) is 9.90 Å². The summed E-state index contributed by atoms with van der Waals surface area (Å²) < 4.78 is 0. The Bertz CT molecular complexity index is 484. The largest absolute Gasteiger partial charge is 0.465 e. The molecule has 1 aromatic rings. The van der Waals surface area contributed by atoms with Gasteiger partial charge in [-0.15, -0.1) is 0 Å². The molecular formula is C12H14Cl2N2O3. The maximum Gasteiger partial charge on any atom is 0.407 e.